The maximum absolute atomic E-state index is 15.0. The minimum absolute atomic E-state index is 0.0446. The van der Waals surface area contributed by atoms with Gasteiger partial charge in [0.2, 0.25) is 5.88 Å². The van der Waals surface area contributed by atoms with Gasteiger partial charge in [-0.15, -0.1) is 0 Å². The number of nitrogens with two attached hydrogens (primary N) is 1. The Balaban J connectivity index is 0.000000587. The number of carbonyl (C=O) groups is 1. The zero-order chi connectivity index (χ0) is 30.8. The molecule has 0 fully saturated rings. The van der Waals surface area contributed by atoms with Gasteiger partial charge in [-0.25, -0.2) is 32.1 Å². The number of hydrogen-bond acceptors (Lipinski definition) is 10. The summed E-state index contributed by atoms with van der Waals surface area (Å²) in [4.78, 5) is 21.5. The lowest BCUT2D eigenvalue weighted by Crippen LogP contribution is -2.56. The second-order valence-electron chi connectivity index (χ2n) is 9.16. The van der Waals surface area contributed by atoms with E-state index < -0.39 is 44.7 Å². The Morgan fingerprint density at radius 2 is 1.88 bits per heavy atom. The molecule has 1 aliphatic rings. The van der Waals surface area contributed by atoms with Crippen LogP contribution in [0.25, 0.3) is 22.7 Å². The molecule has 0 bridgehead atoms. The van der Waals surface area contributed by atoms with Gasteiger partial charge in [-0.05, 0) is 32.0 Å². The molecule has 0 saturated heterocycles. The molecule has 3 heterocycles. The van der Waals surface area contributed by atoms with Gasteiger partial charge in [-0.3, -0.25) is 4.99 Å². The molecule has 1 aliphatic heterocycles. The van der Waals surface area contributed by atoms with Crippen LogP contribution in [0.15, 0.2) is 50.5 Å². The SMILES string of the molecule is CN=S1(=O)C[C@@](CF)(c2cc(-c3cc(-c4cnc(OC)cn4)no3)ccc2F)N=C(N)C1(C)C.O=C(O)C(F)(F)F. The van der Waals surface area contributed by atoms with Crippen molar-refractivity contribution in [1.29, 1.82) is 0 Å². The smallest absolute Gasteiger partial charge is 0.480 e. The lowest BCUT2D eigenvalue weighted by molar-refractivity contribution is -0.192. The molecule has 0 spiro atoms. The highest BCUT2D eigenvalue weighted by atomic mass is 32.2. The van der Waals surface area contributed by atoms with Crippen LogP contribution in [0.1, 0.15) is 19.4 Å². The summed E-state index contributed by atoms with van der Waals surface area (Å²) in [7, 11) is -0.190. The molecular weight excluding hydrogens is 579 g/mol. The molecule has 1 aromatic carbocycles. The Labute approximate surface area is 230 Å². The van der Waals surface area contributed by atoms with Gasteiger partial charge in [-0.2, -0.15) is 13.2 Å². The first-order chi connectivity index (χ1) is 19.0. The van der Waals surface area contributed by atoms with E-state index in [4.69, 9.17) is 24.9 Å². The Hall–Kier alpha value is -4.15. The molecule has 222 valence electrons. The maximum atomic E-state index is 15.0. The highest BCUT2D eigenvalue weighted by Gasteiger charge is 2.50. The van der Waals surface area contributed by atoms with Crippen molar-refractivity contribution in [2.75, 3.05) is 26.6 Å². The van der Waals surface area contributed by atoms with Gasteiger partial charge in [0.25, 0.3) is 0 Å². The van der Waals surface area contributed by atoms with Gasteiger partial charge in [0, 0.05) is 24.2 Å². The van der Waals surface area contributed by atoms with Crippen molar-refractivity contribution >= 4 is 21.5 Å². The second kappa shape index (κ2) is 11.4. The van der Waals surface area contributed by atoms with Crippen molar-refractivity contribution < 1.29 is 45.3 Å². The van der Waals surface area contributed by atoms with E-state index in [1.54, 1.807) is 19.9 Å². The van der Waals surface area contributed by atoms with E-state index in [2.05, 4.69) is 24.5 Å². The third-order valence-electron chi connectivity index (χ3n) is 6.30. The average molecular weight is 605 g/mol. The summed E-state index contributed by atoms with van der Waals surface area (Å²) < 4.78 is 88.3. The average Bonchev–Trinajstić information content (AvgIpc) is 3.42. The number of aliphatic carboxylic acids is 1. The fourth-order valence-electron chi connectivity index (χ4n) is 3.76. The molecule has 0 aliphatic carbocycles. The van der Waals surface area contributed by atoms with Gasteiger partial charge < -0.3 is 20.1 Å². The summed E-state index contributed by atoms with van der Waals surface area (Å²) in [5, 5.41) is 11.1. The van der Waals surface area contributed by atoms with Gasteiger partial charge >= 0.3 is 12.1 Å². The summed E-state index contributed by atoms with van der Waals surface area (Å²) in [5.74, 6) is -3.19. The lowest BCUT2D eigenvalue weighted by Gasteiger charge is -2.41. The molecule has 11 nitrogen and oxygen atoms in total. The van der Waals surface area contributed by atoms with E-state index in [-0.39, 0.29) is 22.9 Å². The highest BCUT2D eigenvalue weighted by Crippen LogP contribution is 2.41. The topological polar surface area (TPSA) is 166 Å². The number of nitrogens with zero attached hydrogens (tertiary/aromatic N) is 5. The van der Waals surface area contributed by atoms with Crippen LogP contribution in [0.3, 0.4) is 0 Å². The predicted octanol–water partition coefficient (Wildman–Crippen LogP) is 3.99. The number of carboxylic acids is 1. The van der Waals surface area contributed by atoms with E-state index in [1.807, 2.05) is 0 Å². The molecule has 3 aromatic rings. The summed E-state index contributed by atoms with van der Waals surface area (Å²) in [6.07, 6.45) is -2.17. The number of carboxylic acid groups (broad SMARTS) is 1. The molecule has 0 saturated carbocycles. The van der Waals surface area contributed by atoms with Gasteiger partial charge in [-0.1, -0.05) is 5.16 Å². The lowest BCUT2D eigenvalue weighted by atomic mass is 9.90. The van der Waals surface area contributed by atoms with Crippen LogP contribution in [0.5, 0.6) is 5.88 Å². The van der Waals surface area contributed by atoms with E-state index in [9.17, 15) is 21.8 Å². The van der Waals surface area contributed by atoms with Crippen molar-refractivity contribution in [2.45, 2.75) is 30.3 Å². The summed E-state index contributed by atoms with van der Waals surface area (Å²) in [6.45, 7) is 2.15. The van der Waals surface area contributed by atoms with Crippen LogP contribution < -0.4 is 10.5 Å². The first-order valence-corrected chi connectivity index (χ1v) is 13.2. The first kappa shape index (κ1) is 31.4. The van der Waals surface area contributed by atoms with Crippen molar-refractivity contribution in [3.8, 4) is 28.6 Å². The summed E-state index contributed by atoms with van der Waals surface area (Å²) in [6, 6.07) is 5.65. The number of benzene rings is 1. The Kier molecular flexibility index (Phi) is 8.71. The van der Waals surface area contributed by atoms with Gasteiger partial charge in [0.15, 0.2) is 5.76 Å². The van der Waals surface area contributed by atoms with Crippen LogP contribution in [-0.4, -0.2) is 73.8 Å². The van der Waals surface area contributed by atoms with Crippen molar-refractivity contribution in [3.63, 3.8) is 0 Å². The highest BCUT2D eigenvalue weighted by molar-refractivity contribution is 7.95. The van der Waals surface area contributed by atoms with E-state index >= 15 is 4.39 Å². The third kappa shape index (κ3) is 6.13. The van der Waals surface area contributed by atoms with E-state index in [1.165, 1.54) is 44.8 Å². The largest absolute Gasteiger partial charge is 0.490 e. The fraction of sp³-hybridized carbons (Fsp3) is 0.375. The Morgan fingerprint density at radius 3 is 2.39 bits per heavy atom. The van der Waals surface area contributed by atoms with Crippen LogP contribution >= 0.6 is 0 Å². The standard InChI is InChI=1S/C22H24F2N6O3S.C2HF3O2/c1-21(2)20(25)29-22(11-23,12-34(21,31)26-3)14-7-13(5-6-15(14)24)18-8-16(30-33-18)17-9-28-19(32-4)10-27-17;3-2(4,5)1(6)7/h5-10H,11-12H2,1-4H3,(H2,25,29);(H,6,7)/t22-,34?;/m0./s1. The van der Waals surface area contributed by atoms with E-state index in [0.717, 1.165) is 0 Å². The number of halogens is 5. The molecule has 17 heteroatoms. The first-order valence-electron chi connectivity index (χ1n) is 11.5. The molecule has 2 atom stereocenters. The maximum Gasteiger partial charge on any atom is 0.490 e. The summed E-state index contributed by atoms with van der Waals surface area (Å²) >= 11 is 0. The Morgan fingerprint density at radius 1 is 1.22 bits per heavy atom. The molecule has 41 heavy (non-hydrogen) atoms. The zero-order valence-corrected chi connectivity index (χ0v) is 22.9. The normalized spacial score (nSPS) is 21.7. The monoisotopic (exact) mass is 604 g/mol. The number of hydrogen-bond donors (Lipinski definition) is 2. The Bertz CT molecular complexity index is 1580. The van der Waals surface area contributed by atoms with Crippen LogP contribution in [0, 0.1) is 5.82 Å². The van der Waals surface area contributed by atoms with E-state index in [0.29, 0.717) is 22.8 Å². The third-order valence-corrected chi connectivity index (χ3v) is 9.57. The summed E-state index contributed by atoms with van der Waals surface area (Å²) in [5.41, 5.74) is 5.48. The van der Waals surface area contributed by atoms with Gasteiger partial charge in [0.1, 0.15) is 40.0 Å². The van der Waals surface area contributed by atoms with Crippen molar-refractivity contribution in [3.05, 3.63) is 48.0 Å². The number of rotatable bonds is 5. The minimum atomic E-state index is -5.08. The second-order valence-corrected chi connectivity index (χ2v) is 12.1. The number of methoxy groups -OCH3 is 1. The van der Waals surface area contributed by atoms with Crippen LogP contribution in [0.2, 0.25) is 0 Å². The van der Waals surface area contributed by atoms with Crippen LogP contribution in [0.4, 0.5) is 22.0 Å². The number of alkyl halides is 4. The molecule has 2 aromatic heterocycles. The molecule has 0 radical (unpaired) electrons. The van der Waals surface area contributed by atoms with Crippen LogP contribution in [-0.2, 0) is 20.1 Å². The van der Waals surface area contributed by atoms with Crippen molar-refractivity contribution in [2.24, 2.45) is 15.1 Å². The number of aromatic nitrogens is 3. The number of aliphatic imine (C=N–C) groups is 1. The molecule has 4 rings (SSSR count). The quantitative estimate of drug-likeness (QED) is 0.410. The molecule has 0 amide bonds. The zero-order valence-electron chi connectivity index (χ0n) is 22.1. The van der Waals surface area contributed by atoms with Crippen molar-refractivity contribution in [1.82, 2.24) is 15.1 Å². The number of amidine groups is 1. The molecular formula is C24H25F5N6O5S. The fourth-order valence-corrected chi connectivity index (χ4v) is 6.02. The molecule has 1 unspecified atom stereocenters. The molecule has 3 N–H and O–H groups in total. The number of ether oxygens (including phenoxy) is 1. The van der Waals surface area contributed by atoms with Gasteiger partial charge in [0.05, 0.1) is 35.0 Å². The predicted molar refractivity (Wildman–Crippen MR) is 138 cm³/mol. The minimum Gasteiger partial charge on any atom is -0.480 e.